The summed E-state index contributed by atoms with van der Waals surface area (Å²) in [7, 11) is 0. The van der Waals surface area contributed by atoms with Crippen LogP contribution in [0.1, 0.15) is 45.4 Å². The molecule has 0 amide bonds. The number of nitrogens with two attached hydrogens (primary N) is 1. The number of ketones is 1. The van der Waals surface area contributed by atoms with E-state index in [-0.39, 0.29) is 6.04 Å². The number of allylic oxidation sites excluding steroid dienone is 1. The molecule has 0 saturated carbocycles. The zero-order chi connectivity index (χ0) is 10.1. The van der Waals surface area contributed by atoms with Crippen molar-refractivity contribution < 1.29 is 4.79 Å². The topological polar surface area (TPSA) is 43.1 Å². The molecule has 0 aromatic carbocycles. The van der Waals surface area contributed by atoms with E-state index in [2.05, 4.69) is 13.5 Å². The fraction of sp³-hybridized carbons (Fsp3) is 0.727. The molecule has 0 radical (unpaired) electrons. The molecular weight excluding hydrogens is 162 g/mol. The van der Waals surface area contributed by atoms with E-state index in [1.807, 2.05) is 6.08 Å². The number of carbonyl (C=O) groups is 1. The summed E-state index contributed by atoms with van der Waals surface area (Å²) in [6.45, 7) is 5.70. The molecule has 76 valence electrons. The minimum Gasteiger partial charge on any atom is -0.327 e. The lowest BCUT2D eigenvalue weighted by molar-refractivity contribution is -0.119. The molecule has 0 saturated heterocycles. The van der Waals surface area contributed by atoms with Crippen LogP contribution in [0.5, 0.6) is 0 Å². The lowest BCUT2D eigenvalue weighted by atomic mass is 10.0. The molecule has 13 heavy (non-hydrogen) atoms. The first-order valence-corrected chi connectivity index (χ1v) is 5.08. The summed E-state index contributed by atoms with van der Waals surface area (Å²) in [6.07, 6.45) is 6.90. The molecule has 0 aromatic heterocycles. The Morgan fingerprint density at radius 3 is 2.85 bits per heavy atom. The highest BCUT2D eigenvalue weighted by Gasteiger charge is 2.07. The number of carbonyl (C=O) groups excluding carboxylic acids is 1. The predicted octanol–water partition coefficient (Wildman–Crippen LogP) is 2.43. The Labute approximate surface area is 81.2 Å². The SMILES string of the molecule is C=CCCCC(=O)CC(N)CCC. The van der Waals surface area contributed by atoms with Gasteiger partial charge in [0.1, 0.15) is 5.78 Å². The van der Waals surface area contributed by atoms with E-state index in [1.54, 1.807) is 0 Å². The number of Topliss-reactive ketones (excluding diaryl/α,β-unsaturated/α-hetero) is 1. The Balaban J connectivity index is 3.43. The molecule has 2 heteroatoms. The van der Waals surface area contributed by atoms with Gasteiger partial charge in [-0.2, -0.15) is 0 Å². The maximum atomic E-state index is 11.3. The molecule has 0 aliphatic rings. The standard InChI is InChI=1S/C11H21NO/c1-3-5-6-8-11(13)9-10(12)7-4-2/h3,10H,1,4-9,12H2,2H3. The fourth-order valence-corrected chi connectivity index (χ4v) is 1.31. The normalized spacial score (nSPS) is 12.5. The summed E-state index contributed by atoms with van der Waals surface area (Å²) in [5.74, 6) is 0.294. The van der Waals surface area contributed by atoms with Gasteiger partial charge in [0.25, 0.3) is 0 Å². The van der Waals surface area contributed by atoms with Gasteiger partial charge in [0.2, 0.25) is 0 Å². The van der Waals surface area contributed by atoms with Gasteiger partial charge in [-0.3, -0.25) is 4.79 Å². The van der Waals surface area contributed by atoms with Crippen molar-refractivity contribution in [2.75, 3.05) is 0 Å². The molecule has 0 bridgehead atoms. The van der Waals surface area contributed by atoms with Crippen molar-refractivity contribution in [2.45, 2.75) is 51.5 Å². The molecule has 0 fully saturated rings. The zero-order valence-electron chi connectivity index (χ0n) is 8.59. The summed E-state index contributed by atoms with van der Waals surface area (Å²) < 4.78 is 0. The third-order valence-corrected chi connectivity index (χ3v) is 2.01. The Kier molecular flexibility index (Phi) is 7.60. The van der Waals surface area contributed by atoms with Crippen molar-refractivity contribution in [2.24, 2.45) is 5.73 Å². The quantitative estimate of drug-likeness (QED) is 0.464. The van der Waals surface area contributed by atoms with E-state index in [0.717, 1.165) is 25.7 Å². The van der Waals surface area contributed by atoms with Crippen LogP contribution in [-0.4, -0.2) is 11.8 Å². The summed E-state index contributed by atoms with van der Waals surface area (Å²) in [5, 5.41) is 0. The summed E-state index contributed by atoms with van der Waals surface area (Å²) >= 11 is 0. The molecule has 0 rings (SSSR count). The molecule has 2 nitrogen and oxygen atoms in total. The molecule has 1 unspecified atom stereocenters. The molecule has 1 atom stereocenters. The minimum absolute atomic E-state index is 0.0706. The maximum Gasteiger partial charge on any atom is 0.134 e. The van der Waals surface area contributed by atoms with Gasteiger partial charge in [0.05, 0.1) is 0 Å². The second-order valence-electron chi connectivity index (χ2n) is 3.47. The van der Waals surface area contributed by atoms with Crippen molar-refractivity contribution in [3.8, 4) is 0 Å². The molecule has 0 aliphatic carbocycles. The highest BCUT2D eigenvalue weighted by molar-refractivity contribution is 5.78. The van der Waals surface area contributed by atoms with Crippen LogP contribution >= 0.6 is 0 Å². The van der Waals surface area contributed by atoms with Crippen LogP contribution < -0.4 is 5.73 Å². The highest BCUT2D eigenvalue weighted by atomic mass is 16.1. The average molecular weight is 183 g/mol. The monoisotopic (exact) mass is 183 g/mol. The van der Waals surface area contributed by atoms with Crippen LogP contribution in [0, 0.1) is 0 Å². The smallest absolute Gasteiger partial charge is 0.134 e. The van der Waals surface area contributed by atoms with Crippen LogP contribution in [0.2, 0.25) is 0 Å². The molecule has 2 N–H and O–H groups in total. The average Bonchev–Trinajstić information content (AvgIpc) is 2.05. The molecular formula is C11H21NO. The molecule has 0 spiro atoms. The second-order valence-corrected chi connectivity index (χ2v) is 3.47. The maximum absolute atomic E-state index is 11.3. The summed E-state index contributed by atoms with van der Waals surface area (Å²) in [4.78, 5) is 11.3. The largest absolute Gasteiger partial charge is 0.327 e. The third-order valence-electron chi connectivity index (χ3n) is 2.01. The predicted molar refractivity (Wildman–Crippen MR) is 56.6 cm³/mol. The summed E-state index contributed by atoms with van der Waals surface area (Å²) in [5.41, 5.74) is 5.75. The van der Waals surface area contributed by atoms with E-state index in [9.17, 15) is 4.79 Å². The van der Waals surface area contributed by atoms with E-state index < -0.39 is 0 Å². The van der Waals surface area contributed by atoms with E-state index in [4.69, 9.17) is 5.73 Å². The van der Waals surface area contributed by atoms with Gasteiger partial charge in [-0.05, 0) is 19.3 Å². The Hall–Kier alpha value is -0.630. The van der Waals surface area contributed by atoms with Crippen LogP contribution in [-0.2, 0) is 4.79 Å². The minimum atomic E-state index is 0.0706. The van der Waals surface area contributed by atoms with Gasteiger partial charge in [0, 0.05) is 18.9 Å². The number of rotatable bonds is 8. The van der Waals surface area contributed by atoms with Gasteiger partial charge in [-0.15, -0.1) is 6.58 Å². The highest BCUT2D eigenvalue weighted by Crippen LogP contribution is 2.04. The first kappa shape index (κ1) is 12.4. The summed E-state index contributed by atoms with van der Waals surface area (Å²) in [6, 6.07) is 0.0706. The van der Waals surface area contributed by atoms with Gasteiger partial charge in [-0.25, -0.2) is 0 Å². The van der Waals surface area contributed by atoms with Crippen molar-refractivity contribution in [3.63, 3.8) is 0 Å². The number of hydrogen-bond donors (Lipinski definition) is 1. The van der Waals surface area contributed by atoms with Crippen molar-refractivity contribution in [1.29, 1.82) is 0 Å². The van der Waals surface area contributed by atoms with Crippen LogP contribution in [0.25, 0.3) is 0 Å². The van der Waals surface area contributed by atoms with Crippen molar-refractivity contribution >= 4 is 5.78 Å². The van der Waals surface area contributed by atoms with Gasteiger partial charge in [0.15, 0.2) is 0 Å². The van der Waals surface area contributed by atoms with Gasteiger partial charge >= 0.3 is 0 Å². The fourth-order valence-electron chi connectivity index (χ4n) is 1.31. The zero-order valence-corrected chi connectivity index (χ0v) is 8.59. The van der Waals surface area contributed by atoms with E-state index in [0.29, 0.717) is 18.6 Å². The third kappa shape index (κ3) is 7.72. The lowest BCUT2D eigenvalue weighted by Gasteiger charge is -2.08. The Morgan fingerprint density at radius 1 is 1.62 bits per heavy atom. The second kappa shape index (κ2) is 7.99. The number of unbranched alkanes of at least 4 members (excludes halogenated alkanes) is 1. The van der Waals surface area contributed by atoms with Crippen LogP contribution in [0.4, 0.5) is 0 Å². The lowest BCUT2D eigenvalue weighted by Crippen LogP contribution is -2.23. The van der Waals surface area contributed by atoms with Gasteiger partial charge in [-0.1, -0.05) is 19.4 Å². The Morgan fingerprint density at radius 2 is 2.31 bits per heavy atom. The van der Waals surface area contributed by atoms with E-state index >= 15 is 0 Å². The first-order valence-electron chi connectivity index (χ1n) is 5.08. The molecule has 0 heterocycles. The van der Waals surface area contributed by atoms with Gasteiger partial charge < -0.3 is 5.73 Å². The van der Waals surface area contributed by atoms with E-state index in [1.165, 1.54) is 0 Å². The number of hydrogen-bond acceptors (Lipinski definition) is 2. The van der Waals surface area contributed by atoms with Crippen LogP contribution in [0.3, 0.4) is 0 Å². The molecule has 0 aromatic rings. The van der Waals surface area contributed by atoms with Crippen molar-refractivity contribution in [1.82, 2.24) is 0 Å². The first-order chi connectivity index (χ1) is 6.20. The van der Waals surface area contributed by atoms with Crippen LogP contribution in [0.15, 0.2) is 12.7 Å². The Bertz CT molecular complexity index is 154. The van der Waals surface area contributed by atoms with Crippen molar-refractivity contribution in [3.05, 3.63) is 12.7 Å². The molecule has 0 aliphatic heterocycles.